The van der Waals surface area contributed by atoms with Gasteiger partial charge in [-0.1, -0.05) is 56.3 Å². The molecule has 0 bridgehead atoms. The maximum absolute atomic E-state index is 13.4. The van der Waals surface area contributed by atoms with E-state index in [1.54, 1.807) is 4.90 Å². The summed E-state index contributed by atoms with van der Waals surface area (Å²) >= 11 is 0. The van der Waals surface area contributed by atoms with Crippen molar-refractivity contribution in [1.29, 1.82) is 0 Å². The Morgan fingerprint density at radius 3 is 2.21 bits per heavy atom. The maximum atomic E-state index is 13.4. The molecule has 34 heavy (non-hydrogen) atoms. The van der Waals surface area contributed by atoms with Gasteiger partial charge >= 0.3 is 0 Å². The lowest BCUT2D eigenvalue weighted by Crippen LogP contribution is -2.52. The summed E-state index contributed by atoms with van der Waals surface area (Å²) in [5.74, 6) is -1.33. The fraction of sp³-hybridized carbons (Fsp3) is 0.556. The summed E-state index contributed by atoms with van der Waals surface area (Å²) in [7, 11) is 0. The van der Waals surface area contributed by atoms with Gasteiger partial charge in [-0.05, 0) is 44.6 Å². The van der Waals surface area contributed by atoms with Gasteiger partial charge in [-0.25, -0.2) is 0 Å². The van der Waals surface area contributed by atoms with Crippen LogP contribution in [0.25, 0.3) is 0 Å². The molecule has 0 spiro atoms. The predicted octanol–water partition coefficient (Wildman–Crippen LogP) is 3.09. The highest BCUT2D eigenvalue weighted by molar-refractivity contribution is 6.05. The number of carbonyl (C=O) groups is 4. The van der Waals surface area contributed by atoms with E-state index < -0.39 is 6.04 Å². The van der Waals surface area contributed by atoms with Crippen molar-refractivity contribution in [3.63, 3.8) is 0 Å². The van der Waals surface area contributed by atoms with Crippen LogP contribution in [-0.2, 0) is 25.6 Å². The molecule has 1 saturated heterocycles. The van der Waals surface area contributed by atoms with Crippen LogP contribution in [0.15, 0.2) is 42.5 Å². The molecule has 184 valence electrons. The average Bonchev–Trinajstić information content (AvgIpc) is 3.10. The van der Waals surface area contributed by atoms with Crippen LogP contribution in [0.5, 0.6) is 0 Å². The number of carbonyl (C=O) groups excluding carboxylic acids is 4. The van der Waals surface area contributed by atoms with E-state index in [-0.39, 0.29) is 54.5 Å². The van der Waals surface area contributed by atoms with Crippen molar-refractivity contribution in [2.75, 3.05) is 13.1 Å². The van der Waals surface area contributed by atoms with Crippen LogP contribution in [0.3, 0.4) is 0 Å². The van der Waals surface area contributed by atoms with Crippen LogP contribution in [0, 0.1) is 11.8 Å². The fourth-order valence-corrected chi connectivity index (χ4v) is 4.78. The Morgan fingerprint density at radius 2 is 1.65 bits per heavy atom. The number of likely N-dealkylation sites (tertiary alicyclic amines) is 1. The summed E-state index contributed by atoms with van der Waals surface area (Å²) < 4.78 is 0. The fourth-order valence-electron chi connectivity index (χ4n) is 4.78. The Kier molecular flexibility index (Phi) is 9.02. The number of benzene rings is 1. The molecule has 1 aromatic carbocycles. The molecule has 1 aliphatic carbocycles. The molecule has 0 unspecified atom stereocenters. The molecule has 1 aliphatic heterocycles. The van der Waals surface area contributed by atoms with Crippen molar-refractivity contribution < 1.29 is 19.2 Å². The molecular weight excluding hydrogens is 430 g/mol. The first-order valence-corrected chi connectivity index (χ1v) is 12.5. The molecule has 7 heteroatoms. The van der Waals surface area contributed by atoms with Crippen molar-refractivity contribution >= 4 is 23.6 Å². The second-order valence-electron chi connectivity index (χ2n) is 9.30. The third-order valence-corrected chi connectivity index (χ3v) is 7.02. The van der Waals surface area contributed by atoms with Crippen molar-refractivity contribution in [3.05, 3.63) is 48.0 Å². The van der Waals surface area contributed by atoms with Gasteiger partial charge in [0.1, 0.15) is 6.04 Å². The van der Waals surface area contributed by atoms with Crippen molar-refractivity contribution in [1.82, 2.24) is 15.1 Å². The van der Waals surface area contributed by atoms with E-state index in [1.165, 1.54) is 4.90 Å². The van der Waals surface area contributed by atoms with Gasteiger partial charge in [0, 0.05) is 25.6 Å². The molecule has 7 nitrogen and oxygen atoms in total. The first-order chi connectivity index (χ1) is 16.4. The molecule has 0 aromatic heterocycles. The van der Waals surface area contributed by atoms with Crippen LogP contribution in [0.4, 0.5) is 0 Å². The van der Waals surface area contributed by atoms with E-state index in [2.05, 4.69) is 5.32 Å². The van der Waals surface area contributed by atoms with E-state index in [4.69, 9.17) is 0 Å². The van der Waals surface area contributed by atoms with Gasteiger partial charge < -0.3 is 10.2 Å². The second-order valence-corrected chi connectivity index (χ2v) is 9.30. The Bertz CT molecular complexity index is 888. The average molecular weight is 468 g/mol. The van der Waals surface area contributed by atoms with E-state index in [0.29, 0.717) is 32.2 Å². The smallest absolute Gasteiger partial charge is 0.243 e. The van der Waals surface area contributed by atoms with Crippen LogP contribution in [-0.4, -0.2) is 58.6 Å². The predicted molar refractivity (Wildman–Crippen MR) is 131 cm³/mol. The summed E-state index contributed by atoms with van der Waals surface area (Å²) in [4.78, 5) is 54.8. The minimum Gasteiger partial charge on any atom is -0.352 e. The van der Waals surface area contributed by atoms with Crippen LogP contribution < -0.4 is 5.32 Å². The van der Waals surface area contributed by atoms with Gasteiger partial charge in [-0.3, -0.25) is 24.1 Å². The molecular formula is C27H37N3O4. The van der Waals surface area contributed by atoms with E-state index >= 15 is 0 Å². The highest BCUT2D eigenvalue weighted by Gasteiger charge is 2.47. The Balaban J connectivity index is 1.70. The minimum atomic E-state index is -0.595. The Labute approximate surface area is 202 Å². The first-order valence-electron chi connectivity index (χ1n) is 12.5. The van der Waals surface area contributed by atoms with Crippen LogP contribution in [0.2, 0.25) is 0 Å². The van der Waals surface area contributed by atoms with Gasteiger partial charge in [0.25, 0.3) is 0 Å². The van der Waals surface area contributed by atoms with Crippen molar-refractivity contribution in [3.8, 4) is 0 Å². The van der Waals surface area contributed by atoms with Gasteiger partial charge in [0.2, 0.25) is 23.6 Å². The van der Waals surface area contributed by atoms with E-state index in [1.807, 2.05) is 63.3 Å². The molecule has 4 amide bonds. The highest BCUT2D eigenvalue weighted by Crippen LogP contribution is 2.35. The zero-order valence-electron chi connectivity index (χ0n) is 20.5. The quantitative estimate of drug-likeness (QED) is 0.400. The number of fused-ring (bicyclic) bond motifs is 1. The standard InChI is InChI=1S/C27H37N3O4/c1-4-19(3)28-25(32)23(5-2)29(17-15-20-11-7-6-8-12-20)24(31)16-18-30-26(33)21-13-9-10-14-22(21)27(30)34/h6-12,19,21-23H,4-5,13-18H2,1-3H3,(H,28,32)/t19-,21-,22+,23-/m0/s1. The lowest BCUT2D eigenvalue weighted by atomic mass is 9.85. The monoisotopic (exact) mass is 467 g/mol. The van der Waals surface area contributed by atoms with Gasteiger partial charge in [-0.15, -0.1) is 0 Å². The lowest BCUT2D eigenvalue weighted by molar-refractivity contribution is -0.144. The number of hydrogen-bond acceptors (Lipinski definition) is 4. The molecule has 0 radical (unpaired) electrons. The first kappa shape index (κ1) is 25.7. The maximum Gasteiger partial charge on any atom is 0.243 e. The van der Waals surface area contributed by atoms with E-state index in [9.17, 15) is 19.2 Å². The molecule has 0 saturated carbocycles. The normalized spacial score (nSPS) is 21.2. The molecule has 3 rings (SSSR count). The van der Waals surface area contributed by atoms with Crippen LogP contribution >= 0.6 is 0 Å². The molecule has 1 N–H and O–H groups in total. The minimum absolute atomic E-state index is 0.0180. The Hall–Kier alpha value is -2.96. The second kappa shape index (κ2) is 12.0. The number of rotatable bonds is 11. The van der Waals surface area contributed by atoms with Crippen LogP contribution in [0.1, 0.15) is 58.4 Å². The molecule has 1 fully saturated rings. The number of imide groups is 1. The number of allylic oxidation sites excluding steroid dienone is 2. The van der Waals surface area contributed by atoms with Gasteiger partial charge in [0.05, 0.1) is 11.8 Å². The molecule has 4 atom stereocenters. The summed E-state index contributed by atoms with van der Waals surface area (Å²) in [6.07, 6.45) is 7.00. The van der Waals surface area contributed by atoms with Gasteiger partial charge in [-0.2, -0.15) is 0 Å². The molecule has 1 heterocycles. The number of nitrogens with one attached hydrogen (secondary N) is 1. The van der Waals surface area contributed by atoms with Crippen molar-refractivity contribution in [2.45, 2.75) is 71.4 Å². The van der Waals surface area contributed by atoms with Gasteiger partial charge in [0.15, 0.2) is 0 Å². The number of nitrogens with zero attached hydrogens (tertiary/aromatic N) is 2. The third-order valence-electron chi connectivity index (χ3n) is 7.02. The summed E-state index contributed by atoms with van der Waals surface area (Å²) in [6, 6.07) is 9.27. The topological polar surface area (TPSA) is 86.8 Å². The largest absolute Gasteiger partial charge is 0.352 e. The van der Waals surface area contributed by atoms with Crippen molar-refractivity contribution in [2.24, 2.45) is 11.8 Å². The molecule has 2 aliphatic rings. The summed E-state index contributed by atoms with van der Waals surface area (Å²) in [6.45, 7) is 6.30. The zero-order valence-corrected chi connectivity index (χ0v) is 20.5. The lowest BCUT2D eigenvalue weighted by Gasteiger charge is -2.32. The van der Waals surface area contributed by atoms with E-state index in [0.717, 1.165) is 12.0 Å². The summed E-state index contributed by atoms with van der Waals surface area (Å²) in [5, 5.41) is 3.00. The Morgan fingerprint density at radius 1 is 1.03 bits per heavy atom. The zero-order chi connectivity index (χ0) is 24.7. The highest BCUT2D eigenvalue weighted by atomic mass is 16.2. The SMILES string of the molecule is CC[C@H](C)NC(=O)[C@H](CC)N(CCc1ccccc1)C(=O)CCN1C(=O)[C@H]2CC=CC[C@H]2C1=O. The number of amides is 4. The summed E-state index contributed by atoms with van der Waals surface area (Å²) in [5.41, 5.74) is 1.08. The third kappa shape index (κ3) is 5.93. The molecule has 1 aromatic rings. The number of hydrogen-bond donors (Lipinski definition) is 1.